The maximum Gasteiger partial charge on any atom is 0.511 e. The highest BCUT2D eigenvalue weighted by Gasteiger charge is 2.50. The normalized spacial score (nSPS) is 19.0. The van der Waals surface area contributed by atoms with Crippen LogP contribution < -0.4 is 10.6 Å². The van der Waals surface area contributed by atoms with Crippen LogP contribution in [0.4, 0.5) is 13.2 Å². The van der Waals surface area contributed by atoms with Crippen molar-refractivity contribution in [1.82, 2.24) is 19.8 Å². The second-order valence-electron chi connectivity index (χ2n) is 7.73. The number of guanidine groups is 1. The third kappa shape index (κ3) is 7.29. The van der Waals surface area contributed by atoms with Crippen LogP contribution in [0.2, 0.25) is 0 Å². The van der Waals surface area contributed by atoms with Crippen molar-refractivity contribution in [2.24, 2.45) is 16.8 Å². The monoisotopic (exact) mass is 443 g/mol. The Balaban J connectivity index is 2.50. The molecule has 1 fully saturated rings. The van der Waals surface area contributed by atoms with Crippen molar-refractivity contribution in [1.29, 1.82) is 0 Å². The zero-order chi connectivity index (χ0) is 22.2. The lowest BCUT2D eigenvalue weighted by Gasteiger charge is -2.33. The molecule has 0 aromatic rings. The van der Waals surface area contributed by atoms with Crippen LogP contribution in [0.3, 0.4) is 0 Å². The van der Waals surface area contributed by atoms with Gasteiger partial charge in [0, 0.05) is 39.3 Å². The van der Waals surface area contributed by atoms with E-state index >= 15 is 0 Å². The molecule has 0 bridgehead atoms. The van der Waals surface area contributed by atoms with Crippen molar-refractivity contribution >= 4 is 16.0 Å². The largest absolute Gasteiger partial charge is 0.511 e. The number of alkyl halides is 3. The lowest BCUT2D eigenvalue weighted by Crippen LogP contribution is -2.50. The molecule has 0 aliphatic carbocycles. The first-order valence-corrected chi connectivity index (χ1v) is 11.6. The average Bonchev–Trinajstić information content (AvgIpc) is 2.66. The van der Waals surface area contributed by atoms with Gasteiger partial charge in [0.2, 0.25) is 0 Å². The van der Waals surface area contributed by atoms with E-state index < -0.39 is 15.5 Å². The molecule has 1 aliphatic heterocycles. The van der Waals surface area contributed by atoms with Gasteiger partial charge in [0.25, 0.3) is 0 Å². The van der Waals surface area contributed by atoms with Crippen molar-refractivity contribution in [3.63, 3.8) is 0 Å². The predicted octanol–water partition coefficient (Wildman–Crippen LogP) is 2.08. The average molecular weight is 444 g/mol. The summed E-state index contributed by atoms with van der Waals surface area (Å²) < 4.78 is 61.5. The number of nitrogens with one attached hydrogen (secondary N) is 2. The van der Waals surface area contributed by atoms with Crippen LogP contribution in [0.1, 0.15) is 39.5 Å². The topological polar surface area (TPSA) is 77.0 Å². The predicted molar refractivity (Wildman–Crippen MR) is 110 cm³/mol. The van der Waals surface area contributed by atoms with Gasteiger partial charge in [-0.3, -0.25) is 4.99 Å². The first-order valence-electron chi connectivity index (χ1n) is 10.1. The summed E-state index contributed by atoms with van der Waals surface area (Å²) in [4.78, 5) is 6.43. The Kier molecular flexibility index (Phi) is 10.2. The summed E-state index contributed by atoms with van der Waals surface area (Å²) in [6.45, 7) is 5.42. The number of halogens is 3. The first kappa shape index (κ1) is 26.0. The molecule has 0 aromatic heterocycles. The van der Waals surface area contributed by atoms with Crippen LogP contribution in [0.25, 0.3) is 0 Å². The van der Waals surface area contributed by atoms with Crippen LogP contribution in [-0.4, -0.2) is 82.5 Å². The Morgan fingerprint density at radius 2 is 1.72 bits per heavy atom. The highest BCUT2D eigenvalue weighted by atomic mass is 32.2. The van der Waals surface area contributed by atoms with E-state index in [9.17, 15) is 21.6 Å². The quantitative estimate of drug-likeness (QED) is 0.422. The molecule has 1 atom stereocenters. The smallest absolute Gasteiger partial charge is 0.356 e. The summed E-state index contributed by atoms with van der Waals surface area (Å²) in [5, 5.41) is 6.56. The van der Waals surface area contributed by atoms with Gasteiger partial charge in [-0.15, -0.1) is 0 Å². The van der Waals surface area contributed by atoms with Gasteiger partial charge in [-0.2, -0.15) is 17.5 Å². The standard InChI is InChI=1S/C18H36F3N5O2S/c1-6-15(7-2)16(25(4)5)13-24-17(22-3)23-12-14-8-10-26(11-9-14)29(27,28)18(19,20)21/h14-16H,6-13H2,1-5H3,(H2,22,23,24). The van der Waals surface area contributed by atoms with Crippen LogP contribution in [0, 0.1) is 11.8 Å². The number of hydrogen-bond donors (Lipinski definition) is 2. The molecule has 1 rings (SSSR count). The number of sulfonamides is 1. The van der Waals surface area contributed by atoms with Crippen molar-refractivity contribution in [2.75, 3.05) is 47.3 Å². The fourth-order valence-corrected chi connectivity index (χ4v) is 4.75. The van der Waals surface area contributed by atoms with Gasteiger partial charge < -0.3 is 15.5 Å². The van der Waals surface area contributed by atoms with Gasteiger partial charge in [-0.05, 0) is 38.8 Å². The Morgan fingerprint density at radius 1 is 1.17 bits per heavy atom. The SMILES string of the molecule is CCC(CC)C(CNC(=NC)NCC1CCN(S(=O)(=O)C(F)(F)F)CC1)N(C)C. The van der Waals surface area contributed by atoms with E-state index in [4.69, 9.17) is 0 Å². The summed E-state index contributed by atoms with van der Waals surface area (Å²) in [7, 11) is 0.568. The zero-order valence-corrected chi connectivity index (χ0v) is 18.9. The zero-order valence-electron chi connectivity index (χ0n) is 18.1. The Bertz CT molecular complexity index is 613. The van der Waals surface area contributed by atoms with Crippen LogP contribution in [0.5, 0.6) is 0 Å². The summed E-state index contributed by atoms with van der Waals surface area (Å²) in [5.74, 6) is 1.31. The number of hydrogen-bond acceptors (Lipinski definition) is 4. The molecule has 11 heteroatoms. The molecule has 7 nitrogen and oxygen atoms in total. The van der Waals surface area contributed by atoms with E-state index in [0.717, 1.165) is 19.4 Å². The highest BCUT2D eigenvalue weighted by molar-refractivity contribution is 7.90. The molecule has 0 radical (unpaired) electrons. The van der Waals surface area contributed by atoms with Gasteiger partial charge >= 0.3 is 15.5 Å². The summed E-state index contributed by atoms with van der Waals surface area (Å²) in [6.07, 6.45) is 2.94. The second kappa shape index (κ2) is 11.4. The molecule has 172 valence electrons. The Morgan fingerprint density at radius 3 is 2.14 bits per heavy atom. The minimum absolute atomic E-state index is 0.0944. The molecule has 1 unspecified atom stereocenters. The van der Waals surface area contributed by atoms with E-state index in [-0.39, 0.29) is 19.0 Å². The highest BCUT2D eigenvalue weighted by Crippen LogP contribution is 2.30. The maximum atomic E-state index is 12.7. The molecule has 2 N–H and O–H groups in total. The van der Waals surface area contributed by atoms with Crippen molar-refractivity contribution in [2.45, 2.75) is 51.1 Å². The van der Waals surface area contributed by atoms with Gasteiger partial charge in [0.15, 0.2) is 5.96 Å². The van der Waals surface area contributed by atoms with Crippen molar-refractivity contribution < 1.29 is 21.6 Å². The lowest BCUT2D eigenvalue weighted by molar-refractivity contribution is -0.0496. The first-order chi connectivity index (χ1) is 13.5. The minimum Gasteiger partial charge on any atom is -0.356 e. The van der Waals surface area contributed by atoms with E-state index in [1.54, 1.807) is 7.05 Å². The minimum atomic E-state index is -5.23. The van der Waals surface area contributed by atoms with Crippen molar-refractivity contribution in [3.8, 4) is 0 Å². The van der Waals surface area contributed by atoms with Crippen molar-refractivity contribution in [3.05, 3.63) is 0 Å². The molecular weight excluding hydrogens is 407 g/mol. The van der Waals surface area contributed by atoms with Gasteiger partial charge in [-0.1, -0.05) is 26.7 Å². The van der Waals surface area contributed by atoms with Crippen LogP contribution >= 0.6 is 0 Å². The number of rotatable bonds is 9. The molecule has 1 aliphatic rings. The Labute approximate surface area is 173 Å². The van der Waals surface area contributed by atoms with Gasteiger partial charge in [0.05, 0.1) is 0 Å². The maximum absolute atomic E-state index is 12.7. The summed E-state index contributed by atoms with van der Waals surface area (Å²) >= 11 is 0. The molecule has 0 spiro atoms. The van der Waals surface area contributed by atoms with E-state index in [2.05, 4.69) is 48.5 Å². The third-order valence-electron chi connectivity index (χ3n) is 5.72. The molecule has 0 amide bonds. The number of piperidine rings is 1. The van der Waals surface area contributed by atoms with Gasteiger partial charge in [0.1, 0.15) is 0 Å². The van der Waals surface area contributed by atoms with Crippen LogP contribution in [0.15, 0.2) is 4.99 Å². The third-order valence-corrected chi connectivity index (χ3v) is 7.35. The van der Waals surface area contributed by atoms with E-state index in [1.165, 1.54) is 0 Å². The van der Waals surface area contributed by atoms with Gasteiger partial charge in [-0.25, -0.2) is 8.42 Å². The fraction of sp³-hybridized carbons (Fsp3) is 0.944. The number of nitrogens with zero attached hydrogens (tertiary/aromatic N) is 3. The number of likely N-dealkylation sites (N-methyl/N-ethyl adjacent to an activating group) is 1. The lowest BCUT2D eigenvalue weighted by atomic mass is 9.93. The molecule has 1 saturated heterocycles. The Hall–Kier alpha value is -1.07. The van der Waals surface area contributed by atoms with Crippen LogP contribution in [-0.2, 0) is 10.0 Å². The summed E-state index contributed by atoms with van der Waals surface area (Å²) in [6, 6.07) is 0.361. The molecule has 0 aromatic carbocycles. The fourth-order valence-electron chi connectivity index (χ4n) is 3.77. The molecular formula is C18H36F3N5O2S. The molecule has 0 saturated carbocycles. The van der Waals surface area contributed by atoms with E-state index in [0.29, 0.717) is 41.6 Å². The summed E-state index contributed by atoms with van der Waals surface area (Å²) in [5.41, 5.74) is -5.23. The second-order valence-corrected chi connectivity index (χ2v) is 9.66. The molecule has 29 heavy (non-hydrogen) atoms. The van der Waals surface area contributed by atoms with E-state index in [1.807, 2.05) is 0 Å². The molecule has 1 heterocycles. The number of aliphatic imine (C=N–C) groups is 1.